The summed E-state index contributed by atoms with van der Waals surface area (Å²) in [5.74, 6) is -4.83. The van der Waals surface area contributed by atoms with E-state index in [0.717, 1.165) is 20.8 Å². The summed E-state index contributed by atoms with van der Waals surface area (Å²) in [5.41, 5.74) is 0.469. The molecule has 0 saturated carbocycles. The Morgan fingerprint density at radius 2 is 0.857 bits per heavy atom. The van der Waals surface area contributed by atoms with Crippen molar-refractivity contribution in [3.63, 3.8) is 0 Å². The largest absolute Gasteiger partial charge is 0.456 e. The fourth-order valence-corrected chi connectivity index (χ4v) is 6.20. The molecule has 0 N–H and O–H groups in total. The van der Waals surface area contributed by atoms with Crippen LogP contribution in [0, 0.1) is 0 Å². The van der Waals surface area contributed by atoms with Crippen LogP contribution in [0.5, 0.6) is 0 Å². The highest BCUT2D eigenvalue weighted by Gasteiger charge is 2.55. The molecule has 0 radical (unpaired) electrons. The summed E-state index contributed by atoms with van der Waals surface area (Å²) in [6.45, 7) is 4.36. The summed E-state index contributed by atoms with van der Waals surface area (Å²) in [6, 6.07) is 24.0. The molecule has 2 aliphatic heterocycles. The Balaban J connectivity index is 1.51. The van der Waals surface area contributed by atoms with Crippen LogP contribution in [0.3, 0.4) is 0 Å². The molecule has 2 saturated heterocycles. The van der Waals surface area contributed by atoms with Gasteiger partial charge in [-0.15, -0.1) is 0 Å². The van der Waals surface area contributed by atoms with Crippen molar-refractivity contribution in [2.24, 2.45) is 0 Å². The molecule has 3 aromatic carbocycles. The molecule has 3 aromatic rings. The van der Waals surface area contributed by atoms with Crippen molar-refractivity contribution in [2.45, 2.75) is 89.1 Å². The highest BCUT2D eigenvalue weighted by Crippen LogP contribution is 2.34. The monoisotopic (exact) mass is 778 g/mol. The topological polar surface area (TPSA) is 195 Å². The van der Waals surface area contributed by atoms with Crippen molar-refractivity contribution in [3.8, 4) is 0 Å². The molecule has 298 valence electrons. The van der Waals surface area contributed by atoms with Crippen LogP contribution in [0.4, 0.5) is 0 Å². The van der Waals surface area contributed by atoms with E-state index in [1.54, 1.807) is 54.6 Å². The Bertz CT molecular complexity index is 1820. The van der Waals surface area contributed by atoms with Gasteiger partial charge in [-0.1, -0.05) is 54.6 Å². The SMILES string of the molecule is CO[C@H]1O[C@H](CO[C@@H]2O[C@H](C)[C@@H](OC(=O)c3ccccc3)[C@H](OC(=O)c3ccccc3)[C@H]2OC(=O)c2ccccc2)[C@@H](OC(C)=O)[C@H](OC(C)=O)[C@H]1OC(C)=O. The first kappa shape index (κ1) is 41.5. The molecule has 2 fully saturated rings. The smallest absolute Gasteiger partial charge is 0.338 e. The third-order valence-corrected chi connectivity index (χ3v) is 8.64. The lowest BCUT2D eigenvalue weighted by atomic mass is 9.97. The fraction of sp³-hybridized carbons (Fsp3) is 0.400. The van der Waals surface area contributed by atoms with Gasteiger partial charge in [0.2, 0.25) is 0 Å². The first-order valence-electron chi connectivity index (χ1n) is 17.6. The van der Waals surface area contributed by atoms with E-state index in [9.17, 15) is 28.8 Å². The highest BCUT2D eigenvalue weighted by atomic mass is 16.8. The Kier molecular flexibility index (Phi) is 14.3. The van der Waals surface area contributed by atoms with E-state index < -0.39 is 104 Å². The Morgan fingerprint density at radius 3 is 1.30 bits per heavy atom. The molecule has 0 spiro atoms. The molecule has 0 unspecified atom stereocenters. The van der Waals surface area contributed by atoms with Gasteiger partial charge in [0.1, 0.15) is 6.10 Å². The minimum atomic E-state index is -1.60. The number of hydrogen-bond acceptors (Lipinski definition) is 16. The van der Waals surface area contributed by atoms with Crippen LogP contribution < -0.4 is 0 Å². The first-order chi connectivity index (χ1) is 26.9. The normalized spacial score (nSPS) is 27.2. The lowest BCUT2D eigenvalue weighted by Gasteiger charge is -2.46. The predicted molar refractivity (Wildman–Crippen MR) is 190 cm³/mol. The predicted octanol–water partition coefficient (Wildman–Crippen LogP) is 3.59. The second-order valence-corrected chi connectivity index (χ2v) is 12.8. The van der Waals surface area contributed by atoms with Crippen molar-refractivity contribution < 1.29 is 76.1 Å². The van der Waals surface area contributed by atoms with Gasteiger partial charge in [0.05, 0.1) is 29.4 Å². The number of carbonyl (C=O) groups excluding carboxylic acids is 6. The van der Waals surface area contributed by atoms with E-state index in [1.807, 2.05) is 0 Å². The number of benzene rings is 3. The zero-order valence-electron chi connectivity index (χ0n) is 31.2. The summed E-state index contributed by atoms with van der Waals surface area (Å²) in [7, 11) is 1.25. The summed E-state index contributed by atoms with van der Waals surface area (Å²) in [4.78, 5) is 77.3. The molecule has 0 aromatic heterocycles. The molecule has 0 amide bonds. The van der Waals surface area contributed by atoms with Crippen LogP contribution in [0.15, 0.2) is 91.0 Å². The zero-order valence-corrected chi connectivity index (χ0v) is 31.2. The second-order valence-electron chi connectivity index (χ2n) is 12.8. The van der Waals surface area contributed by atoms with Gasteiger partial charge in [0.15, 0.2) is 49.2 Å². The van der Waals surface area contributed by atoms with Crippen molar-refractivity contribution in [1.29, 1.82) is 0 Å². The fourth-order valence-electron chi connectivity index (χ4n) is 6.20. The first-order valence-corrected chi connectivity index (χ1v) is 17.6. The maximum atomic E-state index is 13.7. The molecular weight excluding hydrogens is 736 g/mol. The van der Waals surface area contributed by atoms with Gasteiger partial charge in [0, 0.05) is 27.9 Å². The minimum absolute atomic E-state index is 0.130. The molecule has 5 rings (SSSR count). The highest BCUT2D eigenvalue weighted by molar-refractivity contribution is 5.91. The van der Waals surface area contributed by atoms with Crippen LogP contribution >= 0.6 is 0 Å². The number of hydrogen-bond donors (Lipinski definition) is 0. The maximum absolute atomic E-state index is 13.7. The summed E-state index contributed by atoms with van der Waals surface area (Å²) < 4.78 is 58.2. The van der Waals surface area contributed by atoms with Gasteiger partial charge in [-0.25, -0.2) is 14.4 Å². The van der Waals surface area contributed by atoms with Crippen LogP contribution in [0.1, 0.15) is 58.8 Å². The average Bonchev–Trinajstić information content (AvgIpc) is 3.18. The third kappa shape index (κ3) is 10.5. The average molecular weight is 779 g/mol. The lowest BCUT2D eigenvalue weighted by molar-refractivity contribution is -0.326. The number of methoxy groups -OCH3 is 1. The molecule has 16 nitrogen and oxygen atoms in total. The number of ether oxygens (including phenoxy) is 10. The standard InChI is InChI=1S/C40H42O16/c1-22-30(54-36(44)26-15-9-6-10-16-26)32(55-37(45)27-17-11-7-12-18-27)35(56-38(46)28-19-13-8-14-20-28)40(49-22)48-21-29-31(50-23(2)41)33(51-24(3)42)34(52-25(4)43)39(47-5)53-29/h6-20,22,29-35,39-40H,21H2,1-5H3/t22-,29-,30-,31-,32+,33+,34-,35-,39+,40-/m1/s1. The van der Waals surface area contributed by atoms with Crippen LogP contribution in [0.25, 0.3) is 0 Å². The summed E-state index contributed by atoms with van der Waals surface area (Å²) in [6.07, 6.45) is -13.9. The molecule has 2 aliphatic rings. The van der Waals surface area contributed by atoms with Crippen LogP contribution in [-0.4, -0.2) is 111 Å². The van der Waals surface area contributed by atoms with Crippen molar-refractivity contribution in [2.75, 3.05) is 13.7 Å². The zero-order chi connectivity index (χ0) is 40.4. The van der Waals surface area contributed by atoms with Gasteiger partial charge >= 0.3 is 35.8 Å². The molecular formula is C40H42O16. The molecule has 56 heavy (non-hydrogen) atoms. The number of rotatable bonds is 13. The number of esters is 6. The second kappa shape index (κ2) is 19.3. The van der Waals surface area contributed by atoms with Gasteiger partial charge in [-0.2, -0.15) is 0 Å². The Labute approximate surface area is 322 Å². The molecule has 0 bridgehead atoms. The minimum Gasteiger partial charge on any atom is -0.456 e. The van der Waals surface area contributed by atoms with Crippen LogP contribution in [0.2, 0.25) is 0 Å². The summed E-state index contributed by atoms with van der Waals surface area (Å²) in [5, 5.41) is 0. The van der Waals surface area contributed by atoms with Crippen molar-refractivity contribution >= 4 is 35.8 Å². The van der Waals surface area contributed by atoms with Gasteiger partial charge in [0.25, 0.3) is 0 Å². The van der Waals surface area contributed by atoms with Crippen LogP contribution in [-0.2, 0) is 61.8 Å². The molecule has 0 aliphatic carbocycles. The van der Waals surface area contributed by atoms with E-state index >= 15 is 0 Å². The quantitative estimate of drug-likeness (QED) is 0.180. The van der Waals surface area contributed by atoms with E-state index in [4.69, 9.17) is 47.4 Å². The van der Waals surface area contributed by atoms with Gasteiger partial charge in [-0.3, -0.25) is 14.4 Å². The van der Waals surface area contributed by atoms with Gasteiger partial charge in [-0.05, 0) is 43.3 Å². The molecule has 2 heterocycles. The van der Waals surface area contributed by atoms with E-state index in [1.165, 1.54) is 50.4 Å². The maximum Gasteiger partial charge on any atom is 0.338 e. The lowest BCUT2D eigenvalue weighted by Crippen LogP contribution is -2.64. The van der Waals surface area contributed by atoms with E-state index in [2.05, 4.69) is 0 Å². The van der Waals surface area contributed by atoms with Gasteiger partial charge < -0.3 is 47.4 Å². The Hall–Kier alpha value is -5.68. The Morgan fingerprint density at radius 1 is 0.482 bits per heavy atom. The molecule has 16 heteroatoms. The molecule has 10 atom stereocenters. The third-order valence-electron chi connectivity index (χ3n) is 8.64. The van der Waals surface area contributed by atoms with E-state index in [-0.39, 0.29) is 16.7 Å². The van der Waals surface area contributed by atoms with Crippen molar-refractivity contribution in [1.82, 2.24) is 0 Å². The number of carbonyl (C=O) groups is 6. The van der Waals surface area contributed by atoms with Crippen molar-refractivity contribution in [3.05, 3.63) is 108 Å². The summed E-state index contributed by atoms with van der Waals surface area (Å²) >= 11 is 0. The van der Waals surface area contributed by atoms with E-state index in [0.29, 0.717) is 0 Å².